The Morgan fingerprint density at radius 3 is 1.63 bits per heavy atom. The lowest BCUT2D eigenvalue weighted by Crippen LogP contribution is -2.20. The number of aliphatic hydroxyl groups is 2. The molecule has 2 aliphatic carbocycles. The van der Waals surface area contributed by atoms with Gasteiger partial charge in [-0.15, -0.1) is 0 Å². The molecular formula is C17H24O2. The fourth-order valence-corrected chi connectivity index (χ4v) is 3.29. The Kier molecular flexibility index (Phi) is 4.43. The zero-order chi connectivity index (χ0) is 13.9. The quantitative estimate of drug-likeness (QED) is 0.769. The van der Waals surface area contributed by atoms with E-state index in [-0.39, 0.29) is 18.6 Å². The summed E-state index contributed by atoms with van der Waals surface area (Å²) in [6, 6.07) is 0. The highest BCUT2D eigenvalue weighted by molar-refractivity contribution is 5.52. The van der Waals surface area contributed by atoms with Crippen LogP contribution in [0.4, 0.5) is 0 Å². The van der Waals surface area contributed by atoms with Gasteiger partial charge in [-0.2, -0.15) is 0 Å². The number of hydrogen-bond acceptors (Lipinski definition) is 2. The van der Waals surface area contributed by atoms with Crippen molar-refractivity contribution < 1.29 is 10.2 Å². The molecule has 0 fully saturated rings. The molecule has 0 bridgehead atoms. The predicted molar refractivity (Wildman–Crippen MR) is 78.8 cm³/mol. The topological polar surface area (TPSA) is 40.5 Å². The molecule has 0 aromatic carbocycles. The lowest BCUT2D eigenvalue weighted by atomic mass is 9.72. The first kappa shape index (κ1) is 14.3. The third-order valence-corrected chi connectivity index (χ3v) is 4.17. The summed E-state index contributed by atoms with van der Waals surface area (Å²) in [7, 11) is 0. The molecule has 0 aliphatic heterocycles. The molecule has 2 nitrogen and oxygen atoms in total. The SMILES string of the molecule is CC(C)(C1=CCC=C1CCO)C1=CCC=C1CCO. The van der Waals surface area contributed by atoms with Crippen LogP contribution in [0.1, 0.15) is 39.5 Å². The van der Waals surface area contributed by atoms with Crippen LogP contribution in [0.15, 0.2) is 46.6 Å². The number of rotatable bonds is 6. The van der Waals surface area contributed by atoms with E-state index in [0.717, 1.165) is 25.7 Å². The molecule has 0 saturated heterocycles. The minimum atomic E-state index is -0.0327. The van der Waals surface area contributed by atoms with E-state index >= 15 is 0 Å². The van der Waals surface area contributed by atoms with Crippen molar-refractivity contribution >= 4 is 0 Å². The smallest absolute Gasteiger partial charge is 0.0471 e. The largest absolute Gasteiger partial charge is 0.396 e. The molecule has 0 aromatic rings. The van der Waals surface area contributed by atoms with Crippen molar-refractivity contribution in [1.82, 2.24) is 0 Å². The van der Waals surface area contributed by atoms with Crippen LogP contribution < -0.4 is 0 Å². The summed E-state index contributed by atoms with van der Waals surface area (Å²) < 4.78 is 0. The van der Waals surface area contributed by atoms with E-state index < -0.39 is 0 Å². The second kappa shape index (κ2) is 5.89. The van der Waals surface area contributed by atoms with Gasteiger partial charge in [0.05, 0.1) is 0 Å². The summed E-state index contributed by atoms with van der Waals surface area (Å²) in [6.07, 6.45) is 12.4. The van der Waals surface area contributed by atoms with E-state index in [1.54, 1.807) is 0 Å². The molecule has 0 aromatic heterocycles. The van der Waals surface area contributed by atoms with Gasteiger partial charge in [0.15, 0.2) is 0 Å². The molecule has 104 valence electrons. The monoisotopic (exact) mass is 260 g/mol. The van der Waals surface area contributed by atoms with Gasteiger partial charge in [0.1, 0.15) is 0 Å². The van der Waals surface area contributed by atoms with Crippen molar-refractivity contribution in [1.29, 1.82) is 0 Å². The molecule has 0 spiro atoms. The summed E-state index contributed by atoms with van der Waals surface area (Å²) >= 11 is 0. The zero-order valence-electron chi connectivity index (χ0n) is 11.9. The van der Waals surface area contributed by atoms with Crippen LogP contribution in [-0.2, 0) is 0 Å². The van der Waals surface area contributed by atoms with Crippen molar-refractivity contribution in [2.24, 2.45) is 5.41 Å². The lowest BCUT2D eigenvalue weighted by molar-refractivity contribution is 0.297. The molecule has 2 aliphatic rings. The number of aliphatic hydroxyl groups excluding tert-OH is 2. The maximum absolute atomic E-state index is 9.18. The van der Waals surface area contributed by atoms with Gasteiger partial charge < -0.3 is 10.2 Å². The average molecular weight is 260 g/mol. The summed E-state index contributed by atoms with van der Waals surface area (Å²) in [6.45, 7) is 4.91. The van der Waals surface area contributed by atoms with Crippen LogP contribution in [-0.4, -0.2) is 23.4 Å². The number of allylic oxidation sites excluding steroid dienone is 6. The van der Waals surface area contributed by atoms with E-state index in [1.165, 1.54) is 22.3 Å². The zero-order valence-corrected chi connectivity index (χ0v) is 11.9. The van der Waals surface area contributed by atoms with E-state index in [0.29, 0.717) is 0 Å². The highest BCUT2D eigenvalue weighted by Crippen LogP contribution is 2.47. The molecule has 0 amide bonds. The van der Waals surface area contributed by atoms with Gasteiger partial charge in [-0.25, -0.2) is 0 Å². The molecular weight excluding hydrogens is 236 g/mol. The van der Waals surface area contributed by atoms with Crippen molar-refractivity contribution in [2.45, 2.75) is 39.5 Å². The summed E-state index contributed by atoms with van der Waals surface area (Å²) in [4.78, 5) is 0. The van der Waals surface area contributed by atoms with Crippen molar-refractivity contribution in [3.8, 4) is 0 Å². The van der Waals surface area contributed by atoms with E-state index in [9.17, 15) is 10.2 Å². The third-order valence-electron chi connectivity index (χ3n) is 4.17. The predicted octanol–water partition coefficient (Wildman–Crippen LogP) is 3.29. The van der Waals surface area contributed by atoms with Gasteiger partial charge in [-0.1, -0.05) is 38.2 Å². The molecule has 19 heavy (non-hydrogen) atoms. The highest BCUT2D eigenvalue weighted by atomic mass is 16.3. The first-order valence-electron chi connectivity index (χ1n) is 7.13. The van der Waals surface area contributed by atoms with Crippen LogP contribution in [0.2, 0.25) is 0 Å². The first-order valence-corrected chi connectivity index (χ1v) is 7.13. The minimum absolute atomic E-state index is 0.0327. The molecule has 2 rings (SSSR count). The van der Waals surface area contributed by atoms with Gasteiger partial charge in [-0.05, 0) is 48.0 Å². The fraction of sp³-hybridized carbons (Fsp3) is 0.529. The highest BCUT2D eigenvalue weighted by Gasteiger charge is 2.33. The molecule has 0 unspecified atom stereocenters. The van der Waals surface area contributed by atoms with Crippen LogP contribution in [0.25, 0.3) is 0 Å². The van der Waals surface area contributed by atoms with Crippen molar-refractivity contribution in [2.75, 3.05) is 13.2 Å². The van der Waals surface area contributed by atoms with Gasteiger partial charge in [0.25, 0.3) is 0 Å². The second-order valence-electron chi connectivity index (χ2n) is 5.74. The van der Waals surface area contributed by atoms with Gasteiger partial charge >= 0.3 is 0 Å². The third kappa shape index (κ3) is 2.75. The normalized spacial score (nSPS) is 19.2. The van der Waals surface area contributed by atoms with Crippen LogP contribution >= 0.6 is 0 Å². The van der Waals surface area contributed by atoms with Gasteiger partial charge in [0.2, 0.25) is 0 Å². The maximum atomic E-state index is 9.18. The average Bonchev–Trinajstić information content (AvgIpc) is 2.99. The Balaban J connectivity index is 2.24. The Morgan fingerprint density at radius 1 is 0.842 bits per heavy atom. The van der Waals surface area contributed by atoms with Gasteiger partial charge in [-0.3, -0.25) is 0 Å². The Labute approximate surface area is 115 Å². The summed E-state index contributed by atoms with van der Waals surface area (Å²) in [5, 5.41) is 18.4. The second-order valence-corrected chi connectivity index (χ2v) is 5.74. The molecule has 2 N–H and O–H groups in total. The maximum Gasteiger partial charge on any atom is 0.0471 e. The standard InChI is InChI=1S/C17H24O2/c1-17(2,15-7-3-5-13(15)9-11-18)16-8-4-6-14(16)10-12-19/h5-8,18-19H,3-4,9-12H2,1-2H3. The molecule has 0 heterocycles. The van der Waals surface area contributed by atoms with Crippen molar-refractivity contribution in [3.05, 3.63) is 46.6 Å². The van der Waals surface area contributed by atoms with Crippen LogP contribution in [0, 0.1) is 5.41 Å². The van der Waals surface area contributed by atoms with Crippen molar-refractivity contribution in [3.63, 3.8) is 0 Å². The summed E-state index contributed by atoms with van der Waals surface area (Å²) in [5.41, 5.74) is 5.22. The first-order chi connectivity index (χ1) is 9.11. The lowest BCUT2D eigenvalue weighted by Gasteiger charge is -2.32. The minimum Gasteiger partial charge on any atom is -0.396 e. The molecule has 0 radical (unpaired) electrons. The summed E-state index contributed by atoms with van der Waals surface area (Å²) in [5.74, 6) is 0. The van der Waals surface area contributed by atoms with Crippen LogP contribution in [0.3, 0.4) is 0 Å². The number of hydrogen-bond donors (Lipinski definition) is 2. The molecule has 2 heteroatoms. The van der Waals surface area contributed by atoms with Crippen LogP contribution in [0.5, 0.6) is 0 Å². The molecule has 0 saturated carbocycles. The Morgan fingerprint density at radius 2 is 1.26 bits per heavy atom. The Bertz CT molecular complexity index is 420. The molecule has 0 atom stereocenters. The fourth-order valence-electron chi connectivity index (χ4n) is 3.29. The van der Waals surface area contributed by atoms with E-state index in [2.05, 4.69) is 38.2 Å². The Hall–Kier alpha value is -1.12. The van der Waals surface area contributed by atoms with Gasteiger partial charge in [0, 0.05) is 18.6 Å². The van der Waals surface area contributed by atoms with E-state index in [4.69, 9.17) is 0 Å². The van der Waals surface area contributed by atoms with E-state index in [1.807, 2.05) is 0 Å².